The minimum atomic E-state index is -0.307. The molecule has 14 heavy (non-hydrogen) atoms. The fraction of sp³-hybridized carbons (Fsp3) is 0.750. The molecule has 0 aromatic rings. The second kappa shape index (κ2) is 6.63. The van der Waals surface area contributed by atoms with E-state index in [2.05, 4.69) is 13.5 Å². The average molecular weight is 198 g/mol. The van der Waals surface area contributed by atoms with Crippen molar-refractivity contribution in [2.24, 2.45) is 5.41 Å². The Labute approximate surface area is 87.3 Å². The van der Waals surface area contributed by atoms with Crippen molar-refractivity contribution in [3.05, 3.63) is 12.7 Å². The largest absolute Gasteiger partial charge is 0.461 e. The molecule has 0 N–H and O–H groups in total. The smallest absolute Gasteiger partial charge is 0.312 e. The van der Waals surface area contributed by atoms with Crippen molar-refractivity contribution in [3.8, 4) is 0 Å². The van der Waals surface area contributed by atoms with Crippen LogP contribution in [0.4, 0.5) is 0 Å². The Morgan fingerprint density at radius 1 is 1.50 bits per heavy atom. The number of hydrogen-bond donors (Lipinski definition) is 0. The Kier molecular flexibility index (Phi) is 6.26. The van der Waals surface area contributed by atoms with Crippen LogP contribution in [0.25, 0.3) is 0 Å². The fourth-order valence-corrected chi connectivity index (χ4v) is 1.30. The van der Waals surface area contributed by atoms with Crippen LogP contribution in [-0.2, 0) is 9.53 Å². The Morgan fingerprint density at radius 3 is 2.57 bits per heavy atom. The average Bonchev–Trinajstić information content (AvgIpc) is 2.22. The second-order valence-corrected chi connectivity index (χ2v) is 3.90. The maximum atomic E-state index is 11.7. The molecular formula is C12H22O2. The summed E-state index contributed by atoms with van der Waals surface area (Å²) in [5.41, 5.74) is -0.307. The number of esters is 1. The van der Waals surface area contributed by atoms with Gasteiger partial charge in [0.2, 0.25) is 0 Å². The van der Waals surface area contributed by atoms with Crippen molar-refractivity contribution in [1.29, 1.82) is 0 Å². The summed E-state index contributed by atoms with van der Waals surface area (Å²) >= 11 is 0. The molecule has 0 aromatic heterocycles. The van der Waals surface area contributed by atoms with Crippen molar-refractivity contribution in [3.63, 3.8) is 0 Å². The summed E-state index contributed by atoms with van der Waals surface area (Å²) in [5, 5.41) is 0. The first-order chi connectivity index (χ1) is 6.60. The Hall–Kier alpha value is -0.790. The molecule has 2 heteroatoms. The lowest BCUT2D eigenvalue weighted by atomic mass is 9.82. The maximum absolute atomic E-state index is 11.7. The molecule has 1 atom stereocenters. The van der Waals surface area contributed by atoms with Gasteiger partial charge in [-0.25, -0.2) is 0 Å². The van der Waals surface area contributed by atoms with E-state index >= 15 is 0 Å². The highest BCUT2D eigenvalue weighted by Crippen LogP contribution is 2.29. The van der Waals surface area contributed by atoms with Gasteiger partial charge in [0.15, 0.2) is 0 Å². The van der Waals surface area contributed by atoms with Crippen LogP contribution >= 0.6 is 0 Å². The number of hydrogen-bond acceptors (Lipinski definition) is 2. The topological polar surface area (TPSA) is 26.3 Å². The van der Waals surface area contributed by atoms with Gasteiger partial charge < -0.3 is 4.74 Å². The number of carbonyl (C=O) groups excluding carboxylic acids is 1. The van der Waals surface area contributed by atoms with Gasteiger partial charge in [0, 0.05) is 0 Å². The third kappa shape index (κ3) is 3.95. The highest BCUT2D eigenvalue weighted by molar-refractivity contribution is 5.76. The van der Waals surface area contributed by atoms with Crippen LogP contribution in [0.5, 0.6) is 0 Å². The van der Waals surface area contributed by atoms with Crippen molar-refractivity contribution in [1.82, 2.24) is 0 Å². The van der Waals surface area contributed by atoms with Gasteiger partial charge in [-0.3, -0.25) is 4.79 Å². The maximum Gasteiger partial charge on any atom is 0.312 e. The monoisotopic (exact) mass is 198 g/mol. The molecule has 0 aliphatic carbocycles. The van der Waals surface area contributed by atoms with Gasteiger partial charge in [-0.15, -0.1) is 0 Å². The van der Waals surface area contributed by atoms with Crippen LogP contribution < -0.4 is 0 Å². The molecule has 0 radical (unpaired) electrons. The molecule has 0 aliphatic heterocycles. The molecule has 82 valence electrons. The van der Waals surface area contributed by atoms with Crippen molar-refractivity contribution in [2.45, 2.75) is 46.5 Å². The van der Waals surface area contributed by atoms with Gasteiger partial charge in [-0.05, 0) is 19.8 Å². The van der Waals surface area contributed by atoms with Crippen LogP contribution in [0.15, 0.2) is 12.7 Å². The van der Waals surface area contributed by atoms with E-state index < -0.39 is 0 Å². The van der Waals surface area contributed by atoms with Crippen LogP contribution in [0.3, 0.4) is 0 Å². The Bertz CT molecular complexity index is 187. The van der Waals surface area contributed by atoms with E-state index in [4.69, 9.17) is 4.74 Å². The van der Waals surface area contributed by atoms with E-state index in [0.29, 0.717) is 6.61 Å². The van der Waals surface area contributed by atoms with Gasteiger partial charge in [0.05, 0.1) is 5.41 Å². The van der Waals surface area contributed by atoms with E-state index in [9.17, 15) is 4.79 Å². The third-order valence-electron chi connectivity index (χ3n) is 2.69. The summed E-state index contributed by atoms with van der Waals surface area (Å²) in [4.78, 5) is 11.7. The van der Waals surface area contributed by atoms with Crippen molar-refractivity contribution >= 4 is 5.97 Å². The molecule has 0 amide bonds. The van der Waals surface area contributed by atoms with E-state index in [1.54, 1.807) is 6.08 Å². The van der Waals surface area contributed by atoms with Gasteiger partial charge in [0.1, 0.15) is 6.61 Å². The summed E-state index contributed by atoms with van der Waals surface area (Å²) in [6.45, 7) is 9.99. The first kappa shape index (κ1) is 13.2. The zero-order chi connectivity index (χ0) is 11.0. The molecule has 0 saturated carbocycles. The van der Waals surface area contributed by atoms with Crippen molar-refractivity contribution < 1.29 is 9.53 Å². The number of rotatable bonds is 7. The van der Waals surface area contributed by atoms with Crippen LogP contribution in [0.2, 0.25) is 0 Å². The van der Waals surface area contributed by atoms with Gasteiger partial charge >= 0.3 is 5.97 Å². The van der Waals surface area contributed by atoms with Gasteiger partial charge in [-0.1, -0.05) is 39.3 Å². The summed E-state index contributed by atoms with van der Waals surface area (Å²) in [5.74, 6) is -0.0895. The van der Waals surface area contributed by atoms with Gasteiger partial charge in [0.25, 0.3) is 0 Å². The van der Waals surface area contributed by atoms with Gasteiger partial charge in [-0.2, -0.15) is 0 Å². The minimum absolute atomic E-state index is 0.0895. The standard InChI is InChI=1S/C12H22O2/c1-5-8-9-12(4,7-3)11(13)14-10-6-2/h6H,2,5,7-10H2,1,3-4H3. The highest BCUT2D eigenvalue weighted by atomic mass is 16.5. The lowest BCUT2D eigenvalue weighted by molar-refractivity contribution is -0.154. The Balaban J connectivity index is 4.19. The third-order valence-corrected chi connectivity index (χ3v) is 2.69. The van der Waals surface area contributed by atoms with E-state index in [1.165, 1.54) is 0 Å². The molecule has 0 aliphatic rings. The van der Waals surface area contributed by atoms with Crippen LogP contribution in [0, 0.1) is 5.41 Å². The normalized spacial score (nSPS) is 14.5. The number of unbranched alkanes of at least 4 members (excludes halogenated alkanes) is 1. The van der Waals surface area contributed by atoms with Crippen LogP contribution in [-0.4, -0.2) is 12.6 Å². The van der Waals surface area contributed by atoms with E-state index in [0.717, 1.165) is 25.7 Å². The zero-order valence-electron chi connectivity index (χ0n) is 9.64. The molecule has 0 saturated heterocycles. The molecule has 0 bridgehead atoms. The second-order valence-electron chi connectivity index (χ2n) is 3.90. The summed E-state index contributed by atoms with van der Waals surface area (Å²) < 4.78 is 5.09. The summed E-state index contributed by atoms with van der Waals surface area (Å²) in [6.07, 6.45) is 5.55. The molecule has 0 rings (SSSR count). The SMILES string of the molecule is C=CCOC(=O)C(C)(CC)CCCC. The molecule has 0 fully saturated rings. The first-order valence-electron chi connectivity index (χ1n) is 5.38. The minimum Gasteiger partial charge on any atom is -0.461 e. The number of carbonyl (C=O) groups is 1. The lowest BCUT2D eigenvalue weighted by Crippen LogP contribution is -2.29. The Morgan fingerprint density at radius 2 is 2.14 bits per heavy atom. The first-order valence-corrected chi connectivity index (χ1v) is 5.38. The van der Waals surface area contributed by atoms with E-state index in [1.807, 2.05) is 13.8 Å². The zero-order valence-corrected chi connectivity index (χ0v) is 9.64. The summed E-state index contributed by atoms with van der Waals surface area (Å²) in [7, 11) is 0. The van der Waals surface area contributed by atoms with Crippen molar-refractivity contribution in [2.75, 3.05) is 6.61 Å². The molecule has 0 spiro atoms. The predicted octanol–water partition coefficient (Wildman–Crippen LogP) is 3.32. The lowest BCUT2D eigenvalue weighted by Gasteiger charge is -2.25. The van der Waals surface area contributed by atoms with E-state index in [-0.39, 0.29) is 11.4 Å². The number of ether oxygens (including phenoxy) is 1. The molecule has 2 nitrogen and oxygen atoms in total. The molecular weight excluding hydrogens is 176 g/mol. The molecule has 0 heterocycles. The van der Waals surface area contributed by atoms with Crippen LogP contribution in [0.1, 0.15) is 46.5 Å². The predicted molar refractivity (Wildman–Crippen MR) is 59.1 cm³/mol. The fourth-order valence-electron chi connectivity index (χ4n) is 1.30. The summed E-state index contributed by atoms with van der Waals surface area (Å²) in [6, 6.07) is 0. The molecule has 1 unspecified atom stereocenters. The highest BCUT2D eigenvalue weighted by Gasteiger charge is 2.31. The molecule has 0 aromatic carbocycles. The quantitative estimate of drug-likeness (QED) is 0.463.